The normalized spacial score (nSPS) is 42.9. The zero-order chi connectivity index (χ0) is 23.1. The monoisotopic (exact) mass is 458 g/mol. The molecule has 3 saturated heterocycles. The summed E-state index contributed by atoms with van der Waals surface area (Å²) < 4.78 is 0. The molecule has 5 aliphatic rings. The summed E-state index contributed by atoms with van der Waals surface area (Å²) in [6, 6.07) is 1.21. The Balaban J connectivity index is 1.21. The highest BCUT2D eigenvalue weighted by atomic mass is 15.5. The van der Waals surface area contributed by atoms with Gasteiger partial charge in [0.1, 0.15) is 6.17 Å². The summed E-state index contributed by atoms with van der Waals surface area (Å²) in [4.78, 5) is 7.29. The Morgan fingerprint density at radius 1 is 0.939 bits per heavy atom. The molecule has 0 aromatic carbocycles. The smallest absolute Gasteiger partial charge is 0.195 e. The van der Waals surface area contributed by atoms with E-state index in [2.05, 4.69) is 53.3 Å². The highest BCUT2D eigenvalue weighted by Gasteiger charge is 2.48. The summed E-state index contributed by atoms with van der Waals surface area (Å²) >= 11 is 0. The Bertz CT molecular complexity index is 674. The van der Waals surface area contributed by atoms with Crippen LogP contribution in [0.15, 0.2) is 0 Å². The number of guanidine groups is 1. The molecule has 6 unspecified atom stereocenters. The van der Waals surface area contributed by atoms with E-state index in [1.807, 2.05) is 0 Å². The van der Waals surface area contributed by atoms with E-state index in [0.717, 1.165) is 54.7 Å². The SMILES string of the molecule is CC(C)C1CCCCC1C1NCC2C(N1)N(CC1CCC(C3CCCN3C)CC1)C(=N)N2C. The van der Waals surface area contributed by atoms with Crippen LogP contribution in [-0.4, -0.2) is 78.8 Å². The molecule has 3 N–H and O–H groups in total. The molecule has 0 aromatic rings. The second kappa shape index (κ2) is 10.0. The van der Waals surface area contributed by atoms with Crippen LogP contribution in [-0.2, 0) is 0 Å². The number of nitrogens with zero attached hydrogens (tertiary/aromatic N) is 3. The maximum Gasteiger partial charge on any atom is 0.195 e. The first-order valence-electron chi connectivity index (χ1n) is 14.2. The Morgan fingerprint density at radius 2 is 1.70 bits per heavy atom. The maximum absolute atomic E-state index is 8.92. The van der Waals surface area contributed by atoms with E-state index in [1.54, 1.807) is 0 Å². The topological polar surface area (TPSA) is 57.6 Å². The van der Waals surface area contributed by atoms with Crippen LogP contribution < -0.4 is 10.6 Å². The maximum atomic E-state index is 8.92. The molecule has 6 nitrogen and oxygen atoms in total. The summed E-state index contributed by atoms with van der Waals surface area (Å²) in [5.41, 5.74) is 0. The molecule has 188 valence electrons. The summed E-state index contributed by atoms with van der Waals surface area (Å²) in [6.07, 6.45) is 14.5. The highest BCUT2D eigenvalue weighted by Crippen LogP contribution is 2.39. The molecule has 5 rings (SSSR count). The lowest BCUT2D eigenvalue weighted by atomic mass is 9.71. The Labute approximate surface area is 202 Å². The molecule has 2 saturated carbocycles. The molecule has 2 aliphatic carbocycles. The molecule has 0 radical (unpaired) electrons. The van der Waals surface area contributed by atoms with Gasteiger partial charge in [0.15, 0.2) is 5.96 Å². The van der Waals surface area contributed by atoms with Crippen LogP contribution in [0, 0.1) is 35.0 Å². The molecule has 6 heteroatoms. The first-order valence-corrected chi connectivity index (χ1v) is 14.2. The minimum Gasteiger partial charge on any atom is -0.338 e. The second-order valence-corrected chi connectivity index (χ2v) is 12.5. The van der Waals surface area contributed by atoms with Gasteiger partial charge in [0, 0.05) is 26.2 Å². The van der Waals surface area contributed by atoms with Crippen molar-refractivity contribution in [1.82, 2.24) is 25.3 Å². The molecular formula is C27H50N6. The van der Waals surface area contributed by atoms with Crippen LogP contribution in [0.5, 0.6) is 0 Å². The molecule has 0 aromatic heterocycles. The standard InChI is InChI=1S/C27H50N6/c1-18(2)21-8-5-6-9-22(21)25-29-16-24-26(30-25)33(27(28)32(24)4)17-19-11-13-20(14-12-19)23-10-7-15-31(23)3/h18-26,28-30H,5-17H2,1-4H3. The van der Waals surface area contributed by atoms with Crippen molar-refractivity contribution >= 4 is 5.96 Å². The predicted octanol–water partition coefficient (Wildman–Crippen LogP) is 3.75. The summed E-state index contributed by atoms with van der Waals surface area (Å²) in [7, 11) is 4.47. The van der Waals surface area contributed by atoms with Crippen LogP contribution >= 0.6 is 0 Å². The van der Waals surface area contributed by atoms with Crippen molar-refractivity contribution in [3.63, 3.8) is 0 Å². The third-order valence-electron chi connectivity index (χ3n) is 10.3. The van der Waals surface area contributed by atoms with Gasteiger partial charge in [-0.1, -0.05) is 26.7 Å². The van der Waals surface area contributed by atoms with Crippen molar-refractivity contribution in [1.29, 1.82) is 5.41 Å². The zero-order valence-corrected chi connectivity index (χ0v) is 21.7. The van der Waals surface area contributed by atoms with Crippen molar-refractivity contribution in [2.24, 2.45) is 29.6 Å². The highest BCUT2D eigenvalue weighted by molar-refractivity contribution is 5.80. The second-order valence-electron chi connectivity index (χ2n) is 12.5. The summed E-state index contributed by atoms with van der Waals surface area (Å²) in [5, 5.41) is 16.9. The van der Waals surface area contributed by atoms with E-state index >= 15 is 0 Å². The molecule has 3 heterocycles. The average molecular weight is 459 g/mol. The molecule has 33 heavy (non-hydrogen) atoms. The van der Waals surface area contributed by atoms with Crippen LogP contribution in [0.4, 0.5) is 0 Å². The minimum absolute atomic E-state index is 0.294. The van der Waals surface area contributed by atoms with Gasteiger partial charge in [0.2, 0.25) is 0 Å². The van der Waals surface area contributed by atoms with Gasteiger partial charge >= 0.3 is 0 Å². The van der Waals surface area contributed by atoms with Gasteiger partial charge in [-0.2, -0.15) is 0 Å². The number of nitrogens with one attached hydrogen (secondary N) is 3. The van der Waals surface area contributed by atoms with E-state index in [0.29, 0.717) is 18.4 Å². The fourth-order valence-electron chi connectivity index (χ4n) is 8.32. The number of fused-ring (bicyclic) bond motifs is 1. The summed E-state index contributed by atoms with van der Waals surface area (Å²) in [6.45, 7) is 8.19. The number of rotatable bonds is 5. The predicted molar refractivity (Wildman–Crippen MR) is 136 cm³/mol. The first-order chi connectivity index (χ1) is 15.9. The van der Waals surface area contributed by atoms with E-state index in [-0.39, 0.29) is 0 Å². The fourth-order valence-corrected chi connectivity index (χ4v) is 8.32. The number of hydrogen-bond donors (Lipinski definition) is 3. The Hall–Kier alpha value is -0.850. The lowest BCUT2D eigenvalue weighted by molar-refractivity contribution is 0.0602. The van der Waals surface area contributed by atoms with E-state index in [1.165, 1.54) is 70.8 Å². The Kier molecular flexibility index (Phi) is 7.25. The summed E-state index contributed by atoms with van der Waals surface area (Å²) in [5.74, 6) is 4.68. The van der Waals surface area contributed by atoms with Gasteiger partial charge in [0.25, 0.3) is 0 Å². The van der Waals surface area contributed by atoms with Gasteiger partial charge in [-0.3, -0.25) is 16.0 Å². The third kappa shape index (κ3) is 4.69. The van der Waals surface area contributed by atoms with Gasteiger partial charge in [0.05, 0.1) is 12.2 Å². The van der Waals surface area contributed by atoms with Crippen molar-refractivity contribution < 1.29 is 0 Å². The van der Waals surface area contributed by atoms with Crippen molar-refractivity contribution in [2.75, 3.05) is 33.7 Å². The zero-order valence-electron chi connectivity index (χ0n) is 21.7. The molecule has 0 spiro atoms. The van der Waals surface area contributed by atoms with E-state index in [9.17, 15) is 0 Å². The van der Waals surface area contributed by atoms with Gasteiger partial charge in [-0.25, -0.2) is 0 Å². The number of likely N-dealkylation sites (N-methyl/N-ethyl adjacent to an activating group) is 1. The molecule has 0 bridgehead atoms. The molecule has 0 amide bonds. The molecule has 5 fully saturated rings. The molecule has 3 aliphatic heterocycles. The Morgan fingerprint density at radius 3 is 2.39 bits per heavy atom. The lowest BCUT2D eigenvalue weighted by Crippen LogP contribution is -2.67. The van der Waals surface area contributed by atoms with Gasteiger partial charge in [-0.05, 0) is 94.5 Å². The number of hydrogen-bond acceptors (Lipinski definition) is 4. The third-order valence-corrected chi connectivity index (χ3v) is 10.3. The van der Waals surface area contributed by atoms with E-state index in [4.69, 9.17) is 5.41 Å². The van der Waals surface area contributed by atoms with Crippen LogP contribution in [0.3, 0.4) is 0 Å². The first kappa shape index (κ1) is 23.9. The lowest BCUT2D eigenvalue weighted by Gasteiger charge is -2.46. The van der Waals surface area contributed by atoms with Crippen LogP contribution in [0.1, 0.15) is 78.1 Å². The van der Waals surface area contributed by atoms with Crippen molar-refractivity contribution in [3.05, 3.63) is 0 Å². The molecule has 6 atom stereocenters. The number of likely N-dealkylation sites (tertiary alicyclic amines) is 1. The molecular weight excluding hydrogens is 408 g/mol. The van der Waals surface area contributed by atoms with Gasteiger partial charge in [-0.15, -0.1) is 0 Å². The quantitative estimate of drug-likeness (QED) is 0.586. The van der Waals surface area contributed by atoms with Crippen LogP contribution in [0.25, 0.3) is 0 Å². The van der Waals surface area contributed by atoms with Crippen LogP contribution in [0.2, 0.25) is 0 Å². The van der Waals surface area contributed by atoms with E-state index < -0.39 is 0 Å². The van der Waals surface area contributed by atoms with Crippen molar-refractivity contribution in [3.8, 4) is 0 Å². The fraction of sp³-hybridized carbons (Fsp3) is 0.963. The van der Waals surface area contributed by atoms with Crippen molar-refractivity contribution in [2.45, 2.75) is 102 Å². The minimum atomic E-state index is 0.294. The van der Waals surface area contributed by atoms with Gasteiger partial charge < -0.3 is 14.7 Å². The average Bonchev–Trinajstić information content (AvgIpc) is 3.36. The largest absolute Gasteiger partial charge is 0.338 e.